The first-order valence-electron chi connectivity index (χ1n) is 7.08. The van der Waals surface area contributed by atoms with Gasteiger partial charge in [0, 0.05) is 24.2 Å². The number of fused-ring (bicyclic) bond motifs is 1. The summed E-state index contributed by atoms with van der Waals surface area (Å²) in [6.07, 6.45) is 3.70. The van der Waals surface area contributed by atoms with Gasteiger partial charge in [0.15, 0.2) is 0 Å². The molecule has 124 valence electrons. The molecule has 1 amide bonds. The first kappa shape index (κ1) is 17.7. The summed E-state index contributed by atoms with van der Waals surface area (Å²) < 4.78 is 28.7. The van der Waals surface area contributed by atoms with E-state index in [9.17, 15) is 13.2 Å². The third kappa shape index (κ3) is 3.64. The van der Waals surface area contributed by atoms with Crippen molar-refractivity contribution in [1.82, 2.24) is 4.72 Å². The molecule has 1 aliphatic rings. The molecule has 8 heteroatoms. The molecule has 6 nitrogen and oxygen atoms in total. The largest absolute Gasteiger partial charge is 0.311 e. The van der Waals surface area contributed by atoms with E-state index < -0.39 is 10.0 Å². The Kier molecular flexibility index (Phi) is 5.26. The summed E-state index contributed by atoms with van der Waals surface area (Å²) in [7, 11) is -3.86. The second-order valence-corrected chi connectivity index (χ2v) is 7.57. The summed E-state index contributed by atoms with van der Waals surface area (Å²) >= 11 is 3.34. The van der Waals surface area contributed by atoms with Crippen molar-refractivity contribution >= 4 is 43.8 Å². The first-order valence-corrected chi connectivity index (χ1v) is 9.36. The van der Waals surface area contributed by atoms with Crippen LogP contribution in [0.25, 0.3) is 0 Å². The monoisotopic (exact) mass is 399 g/mol. The number of nitrogens with zero attached hydrogens (tertiary/aromatic N) is 2. The van der Waals surface area contributed by atoms with Gasteiger partial charge in [-0.1, -0.05) is 15.9 Å². The number of aliphatic imine (C=N–C) groups is 1. The molecule has 0 atom stereocenters. The van der Waals surface area contributed by atoms with Gasteiger partial charge in [-0.2, -0.15) is 0 Å². The van der Waals surface area contributed by atoms with Gasteiger partial charge in [0.1, 0.15) is 10.7 Å². The van der Waals surface area contributed by atoms with E-state index in [1.54, 1.807) is 19.9 Å². The van der Waals surface area contributed by atoms with Crippen LogP contribution in [-0.4, -0.2) is 27.1 Å². The lowest BCUT2D eigenvalue weighted by atomic mass is 10.2. The van der Waals surface area contributed by atoms with Gasteiger partial charge in [0.2, 0.25) is 5.91 Å². The van der Waals surface area contributed by atoms with Crippen molar-refractivity contribution in [2.75, 3.05) is 11.4 Å². The Morgan fingerprint density at radius 2 is 2.09 bits per heavy atom. The third-order valence-electron chi connectivity index (χ3n) is 3.44. The highest BCUT2D eigenvalue weighted by molar-refractivity contribution is 9.10. The lowest BCUT2D eigenvalue weighted by Crippen LogP contribution is -2.29. The fourth-order valence-electron chi connectivity index (χ4n) is 2.48. The zero-order chi connectivity index (χ0) is 17.2. The van der Waals surface area contributed by atoms with Crippen molar-refractivity contribution in [3.8, 4) is 0 Å². The van der Waals surface area contributed by atoms with E-state index in [1.165, 1.54) is 24.1 Å². The molecule has 0 fully saturated rings. The topological polar surface area (TPSA) is 78.8 Å². The maximum absolute atomic E-state index is 12.8. The molecule has 0 unspecified atom stereocenters. The standard InChI is InChI=1S/C15H18BrN3O3S/c1-4-14(17-5-2)18-23(21,22)13-9-12(16)8-11-6-7-19(10(3)20)15(11)13/h4-5,8-9,18H,6-7H2,1-3H3/b14-4+,17-5-. The van der Waals surface area contributed by atoms with Crippen molar-refractivity contribution in [2.45, 2.75) is 32.1 Å². The van der Waals surface area contributed by atoms with Crippen molar-refractivity contribution in [3.05, 3.63) is 34.1 Å². The fourth-order valence-corrected chi connectivity index (χ4v) is 4.47. The maximum atomic E-state index is 12.8. The molecule has 0 spiro atoms. The number of nitrogens with one attached hydrogen (secondary N) is 1. The number of amides is 1. The molecule has 0 saturated heterocycles. The molecule has 1 aliphatic heterocycles. The Morgan fingerprint density at radius 1 is 1.39 bits per heavy atom. The molecular formula is C15H18BrN3O3S. The third-order valence-corrected chi connectivity index (χ3v) is 5.27. The first-order chi connectivity index (χ1) is 10.8. The quantitative estimate of drug-likeness (QED) is 0.790. The molecule has 0 aromatic heterocycles. The molecule has 0 saturated carbocycles. The number of halogens is 1. The van der Waals surface area contributed by atoms with E-state index in [0.29, 0.717) is 23.1 Å². The number of rotatable bonds is 4. The summed E-state index contributed by atoms with van der Waals surface area (Å²) in [6, 6.07) is 3.35. The van der Waals surface area contributed by atoms with Crippen LogP contribution in [-0.2, 0) is 21.2 Å². The highest BCUT2D eigenvalue weighted by Gasteiger charge is 2.31. The van der Waals surface area contributed by atoms with Gasteiger partial charge in [-0.3, -0.25) is 9.52 Å². The number of hydrogen-bond donors (Lipinski definition) is 1. The van der Waals surface area contributed by atoms with Crippen LogP contribution in [0.1, 0.15) is 26.3 Å². The predicted octanol–water partition coefficient (Wildman–Crippen LogP) is 2.59. The molecule has 1 aromatic carbocycles. The molecule has 0 radical (unpaired) electrons. The van der Waals surface area contributed by atoms with Crippen LogP contribution in [0.5, 0.6) is 0 Å². The second-order valence-electron chi connectivity index (χ2n) is 5.00. The van der Waals surface area contributed by atoms with Crippen LogP contribution in [0.3, 0.4) is 0 Å². The minimum atomic E-state index is -3.86. The van der Waals surface area contributed by atoms with E-state index in [-0.39, 0.29) is 16.6 Å². The Bertz CT molecular complexity index is 800. The average molecular weight is 400 g/mol. The SMILES string of the molecule is C/C=N\C(=C/C)NS(=O)(=O)c1cc(Br)cc2c1N(C(C)=O)CC2. The number of carbonyl (C=O) groups excluding carboxylic acids is 1. The Balaban J connectivity index is 2.57. The fraction of sp³-hybridized carbons (Fsp3) is 0.333. The summed E-state index contributed by atoms with van der Waals surface area (Å²) in [5.41, 5.74) is 1.28. The Hall–Kier alpha value is -1.67. The maximum Gasteiger partial charge on any atom is 0.265 e. The van der Waals surface area contributed by atoms with Crippen LogP contribution >= 0.6 is 15.9 Å². The van der Waals surface area contributed by atoms with Crippen LogP contribution in [0, 0.1) is 0 Å². The zero-order valence-electron chi connectivity index (χ0n) is 13.1. The zero-order valence-corrected chi connectivity index (χ0v) is 15.5. The van der Waals surface area contributed by atoms with E-state index in [2.05, 4.69) is 25.6 Å². The van der Waals surface area contributed by atoms with Crippen molar-refractivity contribution in [2.24, 2.45) is 4.99 Å². The summed E-state index contributed by atoms with van der Waals surface area (Å²) in [5, 5.41) is 0. The minimum Gasteiger partial charge on any atom is -0.311 e. The van der Waals surface area contributed by atoms with Gasteiger partial charge in [0.05, 0.1) is 5.69 Å². The Labute approximate surface area is 144 Å². The van der Waals surface area contributed by atoms with E-state index >= 15 is 0 Å². The van der Waals surface area contributed by atoms with Gasteiger partial charge in [0.25, 0.3) is 10.0 Å². The van der Waals surface area contributed by atoms with E-state index in [1.807, 2.05) is 6.07 Å². The molecule has 1 N–H and O–H groups in total. The second kappa shape index (κ2) is 6.84. The number of carbonyl (C=O) groups is 1. The molecule has 2 rings (SSSR count). The van der Waals surface area contributed by atoms with Crippen LogP contribution in [0.15, 0.2) is 38.4 Å². The molecule has 23 heavy (non-hydrogen) atoms. The highest BCUT2D eigenvalue weighted by atomic mass is 79.9. The molecule has 1 heterocycles. The van der Waals surface area contributed by atoms with Gasteiger partial charge >= 0.3 is 0 Å². The van der Waals surface area contributed by atoms with Crippen molar-refractivity contribution < 1.29 is 13.2 Å². The van der Waals surface area contributed by atoms with E-state index in [0.717, 1.165) is 5.56 Å². The molecule has 0 bridgehead atoms. The summed E-state index contributed by atoms with van der Waals surface area (Å²) in [6.45, 7) is 5.30. The number of benzene rings is 1. The molecule has 0 aliphatic carbocycles. The van der Waals surface area contributed by atoms with Crippen LogP contribution in [0.4, 0.5) is 5.69 Å². The van der Waals surface area contributed by atoms with Gasteiger partial charge in [-0.25, -0.2) is 13.4 Å². The van der Waals surface area contributed by atoms with Gasteiger partial charge in [-0.05, 0) is 44.0 Å². The van der Waals surface area contributed by atoms with Gasteiger partial charge in [-0.15, -0.1) is 0 Å². The highest BCUT2D eigenvalue weighted by Crippen LogP contribution is 2.37. The number of anilines is 1. The predicted molar refractivity (Wildman–Crippen MR) is 94.1 cm³/mol. The smallest absolute Gasteiger partial charge is 0.265 e. The van der Waals surface area contributed by atoms with Crippen molar-refractivity contribution in [1.29, 1.82) is 0 Å². The average Bonchev–Trinajstić information content (AvgIpc) is 2.89. The van der Waals surface area contributed by atoms with Crippen LogP contribution in [0.2, 0.25) is 0 Å². The van der Waals surface area contributed by atoms with Gasteiger partial charge < -0.3 is 4.90 Å². The molecule has 1 aromatic rings. The number of allylic oxidation sites excluding steroid dienone is 1. The summed E-state index contributed by atoms with van der Waals surface area (Å²) in [5.74, 6) is 0.0500. The normalized spacial score (nSPS) is 15.1. The number of hydrogen-bond acceptors (Lipinski definition) is 4. The lowest BCUT2D eigenvalue weighted by Gasteiger charge is -2.19. The Morgan fingerprint density at radius 3 is 2.65 bits per heavy atom. The minimum absolute atomic E-state index is 0.0697. The molecular weight excluding hydrogens is 382 g/mol. The summed E-state index contributed by atoms with van der Waals surface area (Å²) in [4.78, 5) is 17.4. The van der Waals surface area contributed by atoms with Crippen LogP contribution < -0.4 is 9.62 Å². The lowest BCUT2D eigenvalue weighted by molar-refractivity contribution is -0.116. The van der Waals surface area contributed by atoms with Crippen molar-refractivity contribution in [3.63, 3.8) is 0 Å². The number of sulfonamides is 1. The van der Waals surface area contributed by atoms with E-state index in [4.69, 9.17) is 0 Å².